The van der Waals surface area contributed by atoms with Crippen molar-refractivity contribution >= 4 is 39.6 Å². The van der Waals surface area contributed by atoms with E-state index in [1.807, 2.05) is 0 Å². The summed E-state index contributed by atoms with van der Waals surface area (Å²) in [6, 6.07) is 10.5. The van der Waals surface area contributed by atoms with E-state index in [2.05, 4.69) is 69.0 Å². The first kappa shape index (κ1) is 9.98. The highest BCUT2D eigenvalue weighted by atomic mass is 127. The minimum atomic E-state index is 0.906. The van der Waals surface area contributed by atoms with Gasteiger partial charge in [-0.15, -0.1) is 0 Å². The molecule has 1 aromatic carbocycles. The van der Waals surface area contributed by atoms with Crippen LogP contribution in [0.4, 0.5) is 5.69 Å². The van der Waals surface area contributed by atoms with Crippen molar-refractivity contribution in [2.24, 2.45) is 0 Å². The molecule has 72 valence electrons. The summed E-state index contributed by atoms with van der Waals surface area (Å²) >= 11 is 4.06. The molecule has 2 aromatic rings. The van der Waals surface area contributed by atoms with Crippen LogP contribution in [0, 0.1) is 3.57 Å². The van der Waals surface area contributed by atoms with E-state index in [9.17, 15) is 0 Å². The number of hydrogen-bond acceptors (Lipinski definition) is 2. The fraction of sp³-hybridized carbons (Fsp3) is 0.0909. The Morgan fingerprint density at radius 2 is 2.21 bits per heavy atom. The molecule has 0 saturated carbocycles. The van der Waals surface area contributed by atoms with E-state index in [0.29, 0.717) is 0 Å². The van der Waals surface area contributed by atoms with Crippen molar-refractivity contribution in [3.8, 4) is 0 Å². The van der Waals surface area contributed by atoms with Gasteiger partial charge >= 0.3 is 0 Å². The molecule has 0 bridgehead atoms. The molecule has 0 unspecified atom stereocenters. The minimum absolute atomic E-state index is 0.906. The summed E-state index contributed by atoms with van der Waals surface area (Å²) in [5, 5.41) is 7.66. The maximum atomic E-state index is 3.39. The van der Waals surface area contributed by atoms with Crippen molar-refractivity contribution in [3.05, 3.63) is 50.2 Å². The van der Waals surface area contributed by atoms with Crippen LogP contribution >= 0.6 is 33.9 Å². The van der Waals surface area contributed by atoms with Gasteiger partial charge in [-0.3, -0.25) is 0 Å². The topological polar surface area (TPSA) is 12.0 Å². The zero-order valence-electron chi connectivity index (χ0n) is 7.53. The van der Waals surface area contributed by atoms with Gasteiger partial charge in [-0.25, -0.2) is 0 Å². The lowest BCUT2D eigenvalue weighted by Crippen LogP contribution is -1.97. The highest BCUT2D eigenvalue weighted by Gasteiger charge is 1.94. The zero-order valence-corrected chi connectivity index (χ0v) is 10.5. The van der Waals surface area contributed by atoms with Crippen LogP contribution in [-0.4, -0.2) is 0 Å². The van der Waals surface area contributed by atoms with E-state index in [0.717, 1.165) is 6.54 Å². The van der Waals surface area contributed by atoms with Crippen LogP contribution < -0.4 is 5.32 Å². The van der Waals surface area contributed by atoms with Crippen molar-refractivity contribution in [1.29, 1.82) is 0 Å². The molecule has 0 radical (unpaired) electrons. The molecule has 1 aromatic heterocycles. The average molecular weight is 315 g/mol. The molecule has 14 heavy (non-hydrogen) atoms. The molecule has 2 rings (SSSR count). The Kier molecular flexibility index (Phi) is 3.42. The molecule has 0 aliphatic carbocycles. The number of nitrogens with one attached hydrogen (secondary N) is 1. The first-order valence-electron chi connectivity index (χ1n) is 4.35. The van der Waals surface area contributed by atoms with Gasteiger partial charge in [0.05, 0.1) is 0 Å². The predicted octanol–water partition coefficient (Wildman–Crippen LogP) is 3.96. The number of halogens is 1. The highest BCUT2D eigenvalue weighted by Crippen LogP contribution is 2.14. The Bertz CT molecular complexity index is 397. The Balaban J connectivity index is 1.98. The highest BCUT2D eigenvalue weighted by molar-refractivity contribution is 14.1. The van der Waals surface area contributed by atoms with Crippen LogP contribution in [0.25, 0.3) is 0 Å². The van der Waals surface area contributed by atoms with Crippen molar-refractivity contribution in [2.45, 2.75) is 6.54 Å². The maximum absolute atomic E-state index is 3.39. The SMILES string of the molecule is Ic1cccc(NCc2ccsc2)c1. The summed E-state index contributed by atoms with van der Waals surface area (Å²) < 4.78 is 1.26. The van der Waals surface area contributed by atoms with Gasteiger partial charge in [0.2, 0.25) is 0 Å². The van der Waals surface area contributed by atoms with Crippen LogP contribution in [0.2, 0.25) is 0 Å². The molecule has 3 heteroatoms. The van der Waals surface area contributed by atoms with Crippen LogP contribution in [-0.2, 0) is 6.54 Å². The third-order valence-corrected chi connectivity index (χ3v) is 3.30. The van der Waals surface area contributed by atoms with Crippen molar-refractivity contribution in [1.82, 2.24) is 0 Å². The van der Waals surface area contributed by atoms with Crippen LogP contribution in [0.5, 0.6) is 0 Å². The van der Waals surface area contributed by atoms with E-state index < -0.39 is 0 Å². The lowest BCUT2D eigenvalue weighted by molar-refractivity contribution is 1.16. The monoisotopic (exact) mass is 315 g/mol. The summed E-state index contributed by atoms with van der Waals surface area (Å²) in [6.45, 7) is 0.906. The number of rotatable bonds is 3. The summed E-state index contributed by atoms with van der Waals surface area (Å²) in [5.41, 5.74) is 2.52. The molecule has 1 N–H and O–H groups in total. The van der Waals surface area contributed by atoms with E-state index >= 15 is 0 Å². The Morgan fingerprint density at radius 3 is 2.93 bits per heavy atom. The second kappa shape index (κ2) is 4.79. The quantitative estimate of drug-likeness (QED) is 0.845. The lowest BCUT2D eigenvalue weighted by Gasteiger charge is -2.04. The molecule has 0 aliphatic rings. The molecule has 0 fully saturated rings. The van der Waals surface area contributed by atoms with Crippen molar-refractivity contribution in [2.75, 3.05) is 5.32 Å². The first-order valence-corrected chi connectivity index (χ1v) is 6.37. The van der Waals surface area contributed by atoms with Crippen molar-refractivity contribution < 1.29 is 0 Å². The zero-order chi connectivity index (χ0) is 9.80. The minimum Gasteiger partial charge on any atom is -0.381 e. The van der Waals surface area contributed by atoms with E-state index in [4.69, 9.17) is 0 Å². The lowest BCUT2D eigenvalue weighted by atomic mass is 10.3. The van der Waals surface area contributed by atoms with Crippen LogP contribution in [0.3, 0.4) is 0 Å². The normalized spacial score (nSPS) is 10.1. The molecular weight excluding hydrogens is 305 g/mol. The summed E-state index contributed by atoms with van der Waals surface area (Å²) in [6.07, 6.45) is 0. The number of benzene rings is 1. The van der Waals surface area contributed by atoms with Gasteiger partial charge in [0.15, 0.2) is 0 Å². The summed E-state index contributed by atoms with van der Waals surface area (Å²) in [5.74, 6) is 0. The molecular formula is C11H10INS. The molecule has 1 heterocycles. The first-order chi connectivity index (χ1) is 6.84. The Hall–Kier alpha value is -0.550. The van der Waals surface area contributed by atoms with Gasteiger partial charge in [0.1, 0.15) is 0 Å². The van der Waals surface area contributed by atoms with Gasteiger partial charge < -0.3 is 5.32 Å². The van der Waals surface area contributed by atoms with E-state index in [1.54, 1.807) is 11.3 Å². The average Bonchev–Trinajstić information content (AvgIpc) is 2.67. The maximum Gasteiger partial charge on any atom is 0.0409 e. The van der Waals surface area contributed by atoms with E-state index in [-0.39, 0.29) is 0 Å². The van der Waals surface area contributed by atoms with Gasteiger partial charge in [-0.1, -0.05) is 6.07 Å². The molecule has 0 spiro atoms. The van der Waals surface area contributed by atoms with Gasteiger partial charge in [0, 0.05) is 15.8 Å². The molecule has 1 nitrogen and oxygen atoms in total. The van der Waals surface area contributed by atoms with Crippen LogP contribution in [0.1, 0.15) is 5.56 Å². The van der Waals surface area contributed by atoms with E-state index in [1.165, 1.54) is 14.8 Å². The fourth-order valence-corrected chi connectivity index (χ4v) is 2.41. The number of hydrogen-bond donors (Lipinski definition) is 1. The molecule has 0 amide bonds. The second-order valence-electron chi connectivity index (χ2n) is 3.00. The predicted molar refractivity (Wildman–Crippen MR) is 70.8 cm³/mol. The third-order valence-electron chi connectivity index (χ3n) is 1.90. The van der Waals surface area contributed by atoms with Crippen molar-refractivity contribution in [3.63, 3.8) is 0 Å². The number of thiophene rings is 1. The summed E-state index contributed by atoms with van der Waals surface area (Å²) in [4.78, 5) is 0. The molecule has 0 saturated heterocycles. The third kappa shape index (κ3) is 2.72. The van der Waals surface area contributed by atoms with Gasteiger partial charge in [-0.05, 0) is 63.2 Å². The summed E-state index contributed by atoms with van der Waals surface area (Å²) in [7, 11) is 0. The standard InChI is InChI=1S/C11H10INS/c12-10-2-1-3-11(6-10)13-7-9-4-5-14-8-9/h1-6,8,13H,7H2. The molecule has 0 aliphatic heterocycles. The Morgan fingerprint density at radius 1 is 1.29 bits per heavy atom. The number of anilines is 1. The van der Waals surface area contributed by atoms with Gasteiger partial charge in [-0.2, -0.15) is 11.3 Å². The smallest absolute Gasteiger partial charge is 0.0409 e. The fourth-order valence-electron chi connectivity index (χ4n) is 1.20. The Labute approximate surface area is 101 Å². The van der Waals surface area contributed by atoms with Crippen LogP contribution in [0.15, 0.2) is 41.1 Å². The second-order valence-corrected chi connectivity index (χ2v) is 5.02. The largest absolute Gasteiger partial charge is 0.381 e. The van der Waals surface area contributed by atoms with Gasteiger partial charge in [0.25, 0.3) is 0 Å². The molecule has 0 atom stereocenters.